The SMILES string of the molecule is CC(CO)(Nc1cc(-c2ccccc2)nc2ncnn12)C1CC1. The molecule has 2 N–H and O–H groups in total. The maximum Gasteiger partial charge on any atom is 0.254 e. The van der Waals surface area contributed by atoms with E-state index < -0.39 is 0 Å². The van der Waals surface area contributed by atoms with E-state index in [-0.39, 0.29) is 12.1 Å². The molecule has 0 radical (unpaired) electrons. The van der Waals surface area contributed by atoms with Crippen LogP contribution in [0.4, 0.5) is 5.82 Å². The third-order valence-electron chi connectivity index (χ3n) is 4.54. The number of hydrogen-bond donors (Lipinski definition) is 2. The van der Waals surface area contributed by atoms with Gasteiger partial charge in [-0.25, -0.2) is 4.98 Å². The first kappa shape index (κ1) is 14.1. The molecule has 0 spiro atoms. The van der Waals surface area contributed by atoms with Gasteiger partial charge in [-0.2, -0.15) is 14.6 Å². The molecule has 1 atom stereocenters. The lowest BCUT2D eigenvalue weighted by Gasteiger charge is -2.30. The highest BCUT2D eigenvalue weighted by Gasteiger charge is 2.41. The van der Waals surface area contributed by atoms with Gasteiger partial charge in [0, 0.05) is 11.6 Å². The first-order valence-corrected chi connectivity index (χ1v) is 7.85. The molecule has 6 nitrogen and oxygen atoms in total. The van der Waals surface area contributed by atoms with E-state index in [1.165, 1.54) is 6.33 Å². The monoisotopic (exact) mass is 309 g/mol. The number of fused-ring (bicyclic) bond motifs is 1. The van der Waals surface area contributed by atoms with E-state index in [0.29, 0.717) is 11.7 Å². The Morgan fingerprint density at radius 1 is 1.30 bits per heavy atom. The lowest BCUT2D eigenvalue weighted by Crippen LogP contribution is -2.41. The number of anilines is 1. The molecular weight excluding hydrogens is 290 g/mol. The summed E-state index contributed by atoms with van der Waals surface area (Å²) in [4.78, 5) is 8.79. The summed E-state index contributed by atoms with van der Waals surface area (Å²) in [7, 11) is 0. The molecule has 118 valence electrons. The van der Waals surface area contributed by atoms with Crippen molar-refractivity contribution in [2.75, 3.05) is 11.9 Å². The van der Waals surface area contributed by atoms with Crippen LogP contribution in [0.2, 0.25) is 0 Å². The van der Waals surface area contributed by atoms with E-state index in [2.05, 4.69) is 27.3 Å². The van der Waals surface area contributed by atoms with Crippen molar-refractivity contribution in [1.29, 1.82) is 0 Å². The van der Waals surface area contributed by atoms with Gasteiger partial charge >= 0.3 is 0 Å². The van der Waals surface area contributed by atoms with Crippen LogP contribution in [0.5, 0.6) is 0 Å². The van der Waals surface area contributed by atoms with Crippen molar-refractivity contribution in [1.82, 2.24) is 19.6 Å². The van der Waals surface area contributed by atoms with Crippen LogP contribution in [0.15, 0.2) is 42.7 Å². The van der Waals surface area contributed by atoms with E-state index in [1.54, 1.807) is 4.52 Å². The zero-order chi connectivity index (χ0) is 15.9. The predicted molar refractivity (Wildman–Crippen MR) is 88.1 cm³/mol. The molecule has 2 heterocycles. The van der Waals surface area contributed by atoms with Crippen molar-refractivity contribution in [2.24, 2.45) is 5.92 Å². The molecule has 0 saturated heterocycles. The van der Waals surface area contributed by atoms with Crippen LogP contribution in [0.3, 0.4) is 0 Å². The van der Waals surface area contributed by atoms with Gasteiger partial charge in [-0.1, -0.05) is 30.3 Å². The Hall–Kier alpha value is -2.47. The first-order valence-electron chi connectivity index (χ1n) is 7.85. The van der Waals surface area contributed by atoms with Gasteiger partial charge in [0.15, 0.2) is 0 Å². The smallest absolute Gasteiger partial charge is 0.254 e. The second-order valence-electron chi connectivity index (χ2n) is 6.34. The van der Waals surface area contributed by atoms with E-state index in [4.69, 9.17) is 0 Å². The van der Waals surface area contributed by atoms with Crippen LogP contribution >= 0.6 is 0 Å². The van der Waals surface area contributed by atoms with Gasteiger partial charge in [0.2, 0.25) is 0 Å². The molecule has 1 saturated carbocycles. The van der Waals surface area contributed by atoms with Gasteiger partial charge in [0.1, 0.15) is 12.1 Å². The molecule has 6 heteroatoms. The van der Waals surface area contributed by atoms with E-state index in [1.807, 2.05) is 36.4 Å². The van der Waals surface area contributed by atoms with Gasteiger partial charge in [0.25, 0.3) is 5.78 Å². The van der Waals surface area contributed by atoms with E-state index in [0.717, 1.165) is 29.9 Å². The molecule has 4 rings (SSSR count). The van der Waals surface area contributed by atoms with Crippen LogP contribution < -0.4 is 5.32 Å². The Labute approximate surface area is 134 Å². The number of aliphatic hydroxyl groups excluding tert-OH is 1. The predicted octanol–water partition coefficient (Wildman–Crippen LogP) is 2.36. The number of nitrogens with zero attached hydrogens (tertiary/aromatic N) is 4. The topological polar surface area (TPSA) is 75.3 Å². The minimum absolute atomic E-state index is 0.0802. The molecule has 1 aliphatic rings. The first-order chi connectivity index (χ1) is 11.2. The molecule has 1 aliphatic carbocycles. The molecule has 1 aromatic carbocycles. The van der Waals surface area contributed by atoms with Crippen LogP contribution in [-0.2, 0) is 0 Å². The summed E-state index contributed by atoms with van der Waals surface area (Å²) in [5, 5.41) is 17.6. The van der Waals surface area contributed by atoms with Crippen molar-refractivity contribution in [2.45, 2.75) is 25.3 Å². The number of aliphatic hydroxyl groups is 1. The Bertz CT molecular complexity index is 827. The molecule has 0 bridgehead atoms. The van der Waals surface area contributed by atoms with Crippen LogP contribution in [0.25, 0.3) is 17.0 Å². The third-order valence-corrected chi connectivity index (χ3v) is 4.54. The largest absolute Gasteiger partial charge is 0.394 e. The van der Waals surface area contributed by atoms with Gasteiger partial charge in [-0.3, -0.25) is 0 Å². The molecule has 0 amide bonds. The average molecular weight is 309 g/mol. The maximum absolute atomic E-state index is 9.84. The third kappa shape index (κ3) is 2.55. The zero-order valence-electron chi connectivity index (χ0n) is 13.0. The van der Waals surface area contributed by atoms with Gasteiger partial charge in [0.05, 0.1) is 17.8 Å². The van der Waals surface area contributed by atoms with E-state index in [9.17, 15) is 5.11 Å². The number of nitrogens with one attached hydrogen (secondary N) is 1. The van der Waals surface area contributed by atoms with Crippen LogP contribution in [0, 0.1) is 5.92 Å². The molecule has 1 fully saturated rings. The molecular formula is C17H19N5O. The number of rotatable bonds is 5. The summed E-state index contributed by atoms with van der Waals surface area (Å²) >= 11 is 0. The Kier molecular flexibility index (Phi) is 3.27. The second-order valence-corrected chi connectivity index (χ2v) is 6.34. The van der Waals surface area contributed by atoms with Crippen molar-refractivity contribution in [3.05, 3.63) is 42.7 Å². The second kappa shape index (κ2) is 5.31. The van der Waals surface area contributed by atoms with Gasteiger partial charge in [-0.15, -0.1) is 0 Å². The van der Waals surface area contributed by atoms with Crippen LogP contribution in [-0.4, -0.2) is 36.8 Å². The Balaban J connectivity index is 1.80. The fourth-order valence-corrected chi connectivity index (χ4v) is 2.94. The maximum atomic E-state index is 9.84. The van der Waals surface area contributed by atoms with Gasteiger partial charge < -0.3 is 10.4 Å². The molecule has 3 aromatic rings. The Morgan fingerprint density at radius 3 is 2.78 bits per heavy atom. The normalized spacial score (nSPS) is 17.1. The molecule has 1 unspecified atom stereocenters. The van der Waals surface area contributed by atoms with Crippen LogP contribution in [0.1, 0.15) is 19.8 Å². The van der Waals surface area contributed by atoms with Gasteiger partial charge in [-0.05, 0) is 25.7 Å². The summed E-state index contributed by atoms with van der Waals surface area (Å²) in [6, 6.07) is 12.0. The average Bonchev–Trinajstić information content (AvgIpc) is 3.34. The van der Waals surface area contributed by atoms with Crippen molar-refractivity contribution in [3.63, 3.8) is 0 Å². The fourth-order valence-electron chi connectivity index (χ4n) is 2.94. The number of benzene rings is 1. The number of aromatic nitrogens is 4. The summed E-state index contributed by atoms with van der Waals surface area (Å²) < 4.78 is 1.68. The fraction of sp³-hybridized carbons (Fsp3) is 0.353. The minimum Gasteiger partial charge on any atom is -0.394 e. The molecule has 23 heavy (non-hydrogen) atoms. The highest BCUT2D eigenvalue weighted by atomic mass is 16.3. The number of hydrogen-bond acceptors (Lipinski definition) is 5. The summed E-state index contributed by atoms with van der Waals surface area (Å²) in [5.41, 5.74) is 1.51. The summed E-state index contributed by atoms with van der Waals surface area (Å²) in [5.74, 6) is 1.83. The lowest BCUT2D eigenvalue weighted by molar-refractivity contribution is 0.205. The standard InChI is InChI=1S/C17H19N5O/c1-17(10-23,13-7-8-13)21-15-9-14(12-5-3-2-4-6-12)20-16-18-11-19-22(15)16/h2-6,9,11,13,21,23H,7-8,10H2,1H3. The van der Waals surface area contributed by atoms with Crippen molar-refractivity contribution >= 4 is 11.6 Å². The molecule has 2 aromatic heterocycles. The zero-order valence-corrected chi connectivity index (χ0v) is 13.0. The minimum atomic E-state index is -0.353. The van der Waals surface area contributed by atoms with Crippen molar-refractivity contribution in [3.8, 4) is 11.3 Å². The summed E-state index contributed by atoms with van der Waals surface area (Å²) in [6.07, 6.45) is 3.78. The quantitative estimate of drug-likeness (QED) is 0.757. The lowest BCUT2D eigenvalue weighted by atomic mass is 9.97. The summed E-state index contributed by atoms with van der Waals surface area (Å²) in [6.45, 7) is 2.13. The highest BCUT2D eigenvalue weighted by molar-refractivity contribution is 5.65. The van der Waals surface area contributed by atoms with Crippen molar-refractivity contribution < 1.29 is 5.11 Å². The Morgan fingerprint density at radius 2 is 2.09 bits per heavy atom. The van der Waals surface area contributed by atoms with E-state index >= 15 is 0 Å². The highest BCUT2D eigenvalue weighted by Crippen LogP contribution is 2.41. The molecule has 0 aliphatic heterocycles.